The number of ether oxygens (including phenoxy) is 1. The van der Waals surface area contributed by atoms with Crippen LogP contribution in [0.5, 0.6) is 5.75 Å². The molecule has 1 saturated carbocycles. The maximum atomic E-state index is 5.94. The molecule has 2 N–H and O–H groups in total. The average Bonchev–Trinajstić information content (AvgIpc) is 2.33. The first-order valence-electron chi connectivity index (χ1n) is 6.39. The summed E-state index contributed by atoms with van der Waals surface area (Å²) >= 11 is 4.87. The summed E-state index contributed by atoms with van der Waals surface area (Å²) in [5.74, 6) is 0.805. The van der Waals surface area contributed by atoms with Gasteiger partial charge in [-0.05, 0) is 43.2 Å². The number of aromatic nitrogens is 1. The summed E-state index contributed by atoms with van der Waals surface area (Å²) < 4.78 is 5.94. The van der Waals surface area contributed by atoms with Crippen molar-refractivity contribution in [3.8, 4) is 5.75 Å². The van der Waals surface area contributed by atoms with Crippen LogP contribution in [-0.2, 0) is 0 Å². The van der Waals surface area contributed by atoms with Crippen LogP contribution in [0.25, 0.3) is 0 Å². The van der Waals surface area contributed by atoms with Gasteiger partial charge in [-0.15, -0.1) is 0 Å². The quantitative estimate of drug-likeness (QED) is 0.852. The highest BCUT2D eigenvalue weighted by atomic mass is 32.1. The van der Waals surface area contributed by atoms with Crippen LogP contribution in [0, 0.1) is 5.41 Å². The average molecular weight is 264 g/mol. The van der Waals surface area contributed by atoms with Gasteiger partial charge in [0.2, 0.25) is 0 Å². The fourth-order valence-corrected chi connectivity index (χ4v) is 2.40. The molecule has 1 aromatic heterocycles. The zero-order valence-electron chi connectivity index (χ0n) is 11.0. The molecule has 0 radical (unpaired) electrons. The molecule has 0 atom stereocenters. The van der Waals surface area contributed by atoms with Crippen molar-refractivity contribution in [2.75, 3.05) is 0 Å². The molecule has 0 unspecified atom stereocenters. The van der Waals surface area contributed by atoms with Crippen LogP contribution in [0.4, 0.5) is 0 Å². The minimum atomic E-state index is 0.315. The molecule has 98 valence electrons. The number of nitrogens with two attached hydrogens (primary N) is 1. The summed E-state index contributed by atoms with van der Waals surface area (Å²) in [7, 11) is 0. The Morgan fingerprint density at radius 1 is 1.39 bits per heavy atom. The Morgan fingerprint density at radius 3 is 2.56 bits per heavy atom. The predicted molar refractivity (Wildman–Crippen MR) is 76.8 cm³/mol. The van der Waals surface area contributed by atoms with Crippen molar-refractivity contribution in [2.24, 2.45) is 11.1 Å². The van der Waals surface area contributed by atoms with Crippen molar-refractivity contribution in [3.05, 3.63) is 24.0 Å². The van der Waals surface area contributed by atoms with Gasteiger partial charge < -0.3 is 10.5 Å². The summed E-state index contributed by atoms with van der Waals surface area (Å²) in [4.78, 5) is 4.50. The van der Waals surface area contributed by atoms with Crippen molar-refractivity contribution in [1.82, 2.24) is 4.98 Å². The fourth-order valence-electron chi connectivity index (χ4n) is 2.28. The zero-order valence-corrected chi connectivity index (χ0v) is 11.8. The van der Waals surface area contributed by atoms with Gasteiger partial charge in [0.05, 0.1) is 18.0 Å². The number of hydrogen-bond donors (Lipinski definition) is 1. The lowest BCUT2D eigenvalue weighted by atomic mass is 9.76. The highest BCUT2D eigenvalue weighted by Gasteiger charge is 2.27. The Balaban J connectivity index is 1.92. The van der Waals surface area contributed by atoms with E-state index in [1.807, 2.05) is 12.1 Å². The molecule has 1 aliphatic carbocycles. The maximum Gasteiger partial charge on any atom is 0.138 e. The largest absolute Gasteiger partial charge is 0.489 e. The van der Waals surface area contributed by atoms with Crippen LogP contribution in [0.2, 0.25) is 0 Å². The molecule has 0 aromatic carbocycles. The smallest absolute Gasteiger partial charge is 0.138 e. The summed E-state index contributed by atoms with van der Waals surface area (Å²) in [6.45, 7) is 4.64. The molecule has 18 heavy (non-hydrogen) atoms. The maximum absolute atomic E-state index is 5.94. The lowest BCUT2D eigenvalue weighted by Crippen LogP contribution is -2.28. The minimum absolute atomic E-state index is 0.315. The van der Waals surface area contributed by atoms with Crippen LogP contribution >= 0.6 is 12.2 Å². The van der Waals surface area contributed by atoms with Crippen LogP contribution in [0.3, 0.4) is 0 Å². The van der Waals surface area contributed by atoms with Gasteiger partial charge in [0.15, 0.2) is 0 Å². The summed E-state index contributed by atoms with van der Waals surface area (Å²) in [5, 5.41) is 0. The van der Waals surface area contributed by atoms with Crippen LogP contribution < -0.4 is 10.5 Å². The molecule has 1 aromatic rings. The highest BCUT2D eigenvalue weighted by Crippen LogP contribution is 2.36. The first-order valence-corrected chi connectivity index (χ1v) is 6.80. The third kappa shape index (κ3) is 3.42. The van der Waals surface area contributed by atoms with Gasteiger partial charge in [-0.25, -0.2) is 4.98 Å². The van der Waals surface area contributed by atoms with Gasteiger partial charge in [0.25, 0.3) is 0 Å². The molecule has 0 bridgehead atoms. The van der Waals surface area contributed by atoms with E-state index >= 15 is 0 Å². The molecule has 1 aliphatic rings. The predicted octanol–water partition coefficient (Wildman–Crippen LogP) is 3.06. The second-order valence-corrected chi connectivity index (χ2v) is 6.16. The number of pyridine rings is 1. The van der Waals surface area contributed by atoms with Crippen molar-refractivity contribution < 1.29 is 4.74 Å². The van der Waals surface area contributed by atoms with E-state index in [2.05, 4.69) is 18.8 Å². The number of nitrogens with zero attached hydrogens (tertiary/aromatic N) is 1. The van der Waals surface area contributed by atoms with Crippen LogP contribution in [0.15, 0.2) is 18.3 Å². The van der Waals surface area contributed by atoms with Gasteiger partial charge in [-0.3, -0.25) is 0 Å². The van der Waals surface area contributed by atoms with Crippen LogP contribution in [-0.4, -0.2) is 16.1 Å². The molecule has 1 heterocycles. The second kappa shape index (κ2) is 5.22. The third-order valence-corrected chi connectivity index (χ3v) is 3.79. The van der Waals surface area contributed by atoms with E-state index in [0.717, 1.165) is 18.6 Å². The van der Waals surface area contributed by atoms with E-state index in [1.54, 1.807) is 6.20 Å². The van der Waals surface area contributed by atoms with Crippen LogP contribution in [0.1, 0.15) is 45.2 Å². The molecule has 0 aliphatic heterocycles. The molecule has 2 rings (SSSR count). The van der Waals surface area contributed by atoms with E-state index < -0.39 is 0 Å². The molecule has 0 spiro atoms. The number of thiocarbonyl (C=S) groups is 1. The molecule has 0 saturated heterocycles. The zero-order chi connectivity index (χ0) is 13.2. The van der Waals surface area contributed by atoms with Gasteiger partial charge in [0, 0.05) is 0 Å². The lowest BCUT2D eigenvalue weighted by Gasteiger charge is -2.34. The van der Waals surface area contributed by atoms with Gasteiger partial charge in [-0.2, -0.15) is 0 Å². The Morgan fingerprint density at radius 2 is 2.06 bits per heavy atom. The topological polar surface area (TPSA) is 48.1 Å². The Hall–Kier alpha value is -1.16. The van der Waals surface area contributed by atoms with Crippen molar-refractivity contribution in [2.45, 2.75) is 45.6 Å². The summed E-state index contributed by atoms with van der Waals surface area (Å²) in [6.07, 6.45) is 6.68. The van der Waals surface area contributed by atoms with Gasteiger partial charge >= 0.3 is 0 Å². The Kier molecular flexibility index (Phi) is 3.85. The first-order chi connectivity index (χ1) is 8.46. The molecule has 1 fully saturated rings. The number of rotatable bonds is 3. The van der Waals surface area contributed by atoms with Gasteiger partial charge in [-0.1, -0.05) is 26.1 Å². The second-order valence-electron chi connectivity index (χ2n) is 5.72. The first kappa shape index (κ1) is 13.3. The third-order valence-electron chi connectivity index (χ3n) is 3.58. The monoisotopic (exact) mass is 264 g/mol. The Bertz CT molecular complexity index is 418. The van der Waals surface area contributed by atoms with E-state index in [-0.39, 0.29) is 0 Å². The molecular weight excluding hydrogens is 244 g/mol. The molecular formula is C14H20N2OS. The fraction of sp³-hybridized carbons (Fsp3) is 0.571. The minimum Gasteiger partial charge on any atom is -0.489 e. The van der Waals surface area contributed by atoms with E-state index in [1.165, 1.54) is 12.8 Å². The van der Waals surface area contributed by atoms with Crippen molar-refractivity contribution >= 4 is 17.2 Å². The summed E-state index contributed by atoms with van der Waals surface area (Å²) in [6, 6.07) is 3.70. The molecule has 3 nitrogen and oxygen atoms in total. The standard InChI is InChI=1S/C14H20N2OS/c1-14(2)7-5-10(6-8-14)17-11-3-4-12(13(15)18)16-9-11/h3-4,9-10H,5-8H2,1-2H3,(H2,15,18). The molecule has 4 heteroatoms. The lowest BCUT2D eigenvalue weighted by molar-refractivity contribution is 0.0984. The normalized spacial score (nSPS) is 19.4. The number of hydrogen-bond acceptors (Lipinski definition) is 3. The van der Waals surface area contributed by atoms with Gasteiger partial charge in [0.1, 0.15) is 10.7 Å². The molecule has 0 amide bonds. The van der Waals surface area contributed by atoms with E-state index in [9.17, 15) is 0 Å². The SMILES string of the molecule is CC1(C)CCC(Oc2ccc(C(N)=S)nc2)CC1. The van der Waals surface area contributed by atoms with E-state index in [4.69, 9.17) is 22.7 Å². The van der Waals surface area contributed by atoms with Crippen molar-refractivity contribution in [3.63, 3.8) is 0 Å². The Labute approximate surface area is 114 Å². The summed E-state index contributed by atoms with van der Waals surface area (Å²) in [5.41, 5.74) is 6.61. The highest BCUT2D eigenvalue weighted by molar-refractivity contribution is 7.80. The van der Waals surface area contributed by atoms with E-state index in [0.29, 0.717) is 22.2 Å². The van der Waals surface area contributed by atoms with Crippen molar-refractivity contribution in [1.29, 1.82) is 0 Å².